The third-order valence-electron chi connectivity index (χ3n) is 3.21. The number of H-pyrrole nitrogens is 1. The van der Waals surface area contributed by atoms with Gasteiger partial charge < -0.3 is 4.98 Å². The first kappa shape index (κ1) is 12.8. The van der Waals surface area contributed by atoms with Gasteiger partial charge in [-0.3, -0.25) is 19.8 Å². The molecule has 0 atom stereocenters. The molecule has 6 nitrogen and oxygen atoms in total. The van der Waals surface area contributed by atoms with E-state index in [2.05, 4.69) is 9.88 Å². The van der Waals surface area contributed by atoms with Crippen molar-refractivity contribution in [2.24, 2.45) is 5.92 Å². The zero-order valence-corrected chi connectivity index (χ0v) is 10.4. The Morgan fingerprint density at radius 3 is 2.83 bits per heavy atom. The standard InChI is InChI=1S/C12H17N3O3/c1-2-14(7-9-3-4-9)8-12(16)11-5-10(6-13-11)15(17)18/h5-6,9,13H,2-4,7-8H2,1H3. The van der Waals surface area contributed by atoms with Crippen LogP contribution in [-0.2, 0) is 0 Å². The molecule has 1 aromatic heterocycles. The van der Waals surface area contributed by atoms with Gasteiger partial charge in [-0.1, -0.05) is 6.92 Å². The van der Waals surface area contributed by atoms with Gasteiger partial charge in [0, 0.05) is 12.6 Å². The van der Waals surface area contributed by atoms with E-state index in [0.717, 1.165) is 19.0 Å². The number of carbonyl (C=O) groups excluding carboxylic acids is 1. The Kier molecular flexibility index (Phi) is 3.76. The Morgan fingerprint density at radius 1 is 1.61 bits per heavy atom. The number of hydrogen-bond acceptors (Lipinski definition) is 4. The molecule has 0 saturated heterocycles. The third-order valence-corrected chi connectivity index (χ3v) is 3.21. The van der Waals surface area contributed by atoms with E-state index in [1.807, 2.05) is 6.92 Å². The number of rotatable bonds is 7. The summed E-state index contributed by atoms with van der Waals surface area (Å²) >= 11 is 0. The van der Waals surface area contributed by atoms with Gasteiger partial charge in [0.15, 0.2) is 5.78 Å². The molecule has 0 unspecified atom stereocenters. The summed E-state index contributed by atoms with van der Waals surface area (Å²) in [5, 5.41) is 10.5. The molecule has 0 amide bonds. The third kappa shape index (κ3) is 3.16. The maximum atomic E-state index is 12.0. The second-order valence-corrected chi connectivity index (χ2v) is 4.72. The van der Waals surface area contributed by atoms with Crippen molar-refractivity contribution < 1.29 is 9.72 Å². The molecule has 1 aliphatic rings. The van der Waals surface area contributed by atoms with E-state index in [9.17, 15) is 14.9 Å². The summed E-state index contributed by atoms with van der Waals surface area (Å²) in [7, 11) is 0. The predicted octanol–water partition coefficient (Wildman–Crippen LogP) is 1.84. The zero-order valence-electron chi connectivity index (χ0n) is 10.4. The Hall–Kier alpha value is -1.69. The molecule has 18 heavy (non-hydrogen) atoms. The van der Waals surface area contributed by atoms with E-state index in [4.69, 9.17) is 0 Å². The lowest BCUT2D eigenvalue weighted by atomic mass is 10.2. The van der Waals surface area contributed by atoms with Crippen LogP contribution in [0.5, 0.6) is 0 Å². The van der Waals surface area contributed by atoms with Crippen LogP contribution in [0.4, 0.5) is 5.69 Å². The van der Waals surface area contributed by atoms with E-state index >= 15 is 0 Å². The number of nitrogens with zero attached hydrogens (tertiary/aromatic N) is 2. The largest absolute Gasteiger partial charge is 0.353 e. The van der Waals surface area contributed by atoms with E-state index in [-0.39, 0.29) is 11.5 Å². The zero-order chi connectivity index (χ0) is 13.1. The summed E-state index contributed by atoms with van der Waals surface area (Å²) in [4.78, 5) is 26.7. The van der Waals surface area contributed by atoms with Gasteiger partial charge in [0.1, 0.15) is 0 Å². The van der Waals surface area contributed by atoms with Gasteiger partial charge in [0.05, 0.1) is 23.4 Å². The van der Waals surface area contributed by atoms with Crippen LogP contribution < -0.4 is 0 Å². The minimum atomic E-state index is -0.505. The van der Waals surface area contributed by atoms with Crippen LogP contribution in [0, 0.1) is 16.0 Å². The molecule has 6 heteroatoms. The number of aromatic nitrogens is 1. The van der Waals surface area contributed by atoms with Crippen molar-refractivity contribution in [3.63, 3.8) is 0 Å². The van der Waals surface area contributed by atoms with E-state index < -0.39 is 4.92 Å². The van der Waals surface area contributed by atoms with E-state index in [1.54, 1.807) is 0 Å². The number of nitro groups is 1. The van der Waals surface area contributed by atoms with Gasteiger partial charge in [0.25, 0.3) is 5.69 Å². The van der Waals surface area contributed by atoms with Gasteiger partial charge in [-0.2, -0.15) is 0 Å². The molecular formula is C12H17N3O3. The predicted molar refractivity (Wildman–Crippen MR) is 66.6 cm³/mol. The number of ketones is 1. The molecule has 0 spiro atoms. The molecule has 0 bridgehead atoms. The van der Waals surface area contributed by atoms with Crippen molar-refractivity contribution in [3.8, 4) is 0 Å². The van der Waals surface area contributed by atoms with Crippen molar-refractivity contribution >= 4 is 11.5 Å². The van der Waals surface area contributed by atoms with Crippen LogP contribution >= 0.6 is 0 Å². The fraction of sp³-hybridized carbons (Fsp3) is 0.583. The first-order valence-corrected chi connectivity index (χ1v) is 6.18. The SMILES string of the molecule is CCN(CC(=O)c1cc([N+](=O)[O-])c[nH]1)CC1CC1. The summed E-state index contributed by atoms with van der Waals surface area (Å²) in [5.74, 6) is 0.640. The average molecular weight is 251 g/mol. The molecule has 1 aliphatic carbocycles. The van der Waals surface area contributed by atoms with Crippen LogP contribution in [0.2, 0.25) is 0 Å². The smallest absolute Gasteiger partial charge is 0.287 e. The fourth-order valence-electron chi connectivity index (χ4n) is 1.91. The molecule has 1 saturated carbocycles. The Labute approximate surface area is 105 Å². The highest BCUT2D eigenvalue weighted by molar-refractivity contribution is 5.96. The van der Waals surface area contributed by atoms with Crippen molar-refractivity contribution in [1.82, 2.24) is 9.88 Å². The number of aromatic amines is 1. The first-order chi connectivity index (χ1) is 8.60. The number of likely N-dealkylation sites (N-methyl/N-ethyl adjacent to an activating group) is 1. The molecule has 2 rings (SSSR count). The average Bonchev–Trinajstić information content (AvgIpc) is 3.00. The second kappa shape index (κ2) is 5.30. The number of Topliss-reactive ketones (excluding diaryl/α,β-unsaturated/α-hetero) is 1. The lowest BCUT2D eigenvalue weighted by molar-refractivity contribution is -0.384. The molecule has 1 N–H and O–H groups in total. The highest BCUT2D eigenvalue weighted by Gasteiger charge is 2.25. The Balaban J connectivity index is 1.94. The topological polar surface area (TPSA) is 79.2 Å². The highest BCUT2D eigenvalue weighted by atomic mass is 16.6. The van der Waals surface area contributed by atoms with Gasteiger partial charge in [0.2, 0.25) is 0 Å². The van der Waals surface area contributed by atoms with Crippen molar-refractivity contribution in [3.05, 3.63) is 28.1 Å². The summed E-state index contributed by atoms with van der Waals surface area (Å²) in [6.45, 7) is 4.12. The monoisotopic (exact) mass is 251 g/mol. The Morgan fingerprint density at radius 2 is 2.33 bits per heavy atom. The lowest BCUT2D eigenvalue weighted by Gasteiger charge is -2.18. The maximum Gasteiger partial charge on any atom is 0.287 e. The molecule has 0 aliphatic heterocycles. The minimum Gasteiger partial charge on any atom is -0.353 e. The molecule has 0 aromatic carbocycles. The number of nitrogens with one attached hydrogen (secondary N) is 1. The van der Waals surface area contributed by atoms with Crippen LogP contribution in [-0.4, -0.2) is 40.2 Å². The molecular weight excluding hydrogens is 234 g/mol. The van der Waals surface area contributed by atoms with Crippen molar-refractivity contribution in [2.75, 3.05) is 19.6 Å². The summed E-state index contributed by atoms with van der Waals surface area (Å²) < 4.78 is 0. The Bertz CT molecular complexity index is 451. The molecule has 1 heterocycles. The van der Waals surface area contributed by atoms with Gasteiger partial charge in [-0.05, 0) is 25.3 Å². The number of hydrogen-bond donors (Lipinski definition) is 1. The summed E-state index contributed by atoms with van der Waals surface area (Å²) in [5.41, 5.74) is 0.250. The molecule has 1 aromatic rings. The van der Waals surface area contributed by atoms with Gasteiger partial charge >= 0.3 is 0 Å². The molecule has 98 valence electrons. The van der Waals surface area contributed by atoms with Crippen LogP contribution in [0.25, 0.3) is 0 Å². The van der Waals surface area contributed by atoms with E-state index in [1.165, 1.54) is 25.1 Å². The lowest BCUT2D eigenvalue weighted by Crippen LogP contribution is -2.31. The van der Waals surface area contributed by atoms with Crippen LogP contribution in [0.1, 0.15) is 30.3 Å². The second-order valence-electron chi connectivity index (χ2n) is 4.72. The molecule has 1 fully saturated rings. The van der Waals surface area contributed by atoms with Crippen LogP contribution in [0.3, 0.4) is 0 Å². The fourth-order valence-corrected chi connectivity index (χ4v) is 1.91. The maximum absolute atomic E-state index is 12.0. The van der Waals surface area contributed by atoms with Gasteiger partial charge in [-0.25, -0.2) is 0 Å². The first-order valence-electron chi connectivity index (χ1n) is 6.18. The molecule has 0 radical (unpaired) electrons. The highest BCUT2D eigenvalue weighted by Crippen LogP contribution is 2.29. The summed E-state index contributed by atoms with van der Waals surface area (Å²) in [6.07, 6.45) is 3.75. The normalized spacial score (nSPS) is 15.0. The minimum absolute atomic E-state index is 0.0661. The van der Waals surface area contributed by atoms with Gasteiger partial charge in [-0.15, -0.1) is 0 Å². The van der Waals surface area contributed by atoms with E-state index in [0.29, 0.717) is 12.2 Å². The number of carbonyl (C=O) groups is 1. The quantitative estimate of drug-likeness (QED) is 0.455. The van der Waals surface area contributed by atoms with Crippen LogP contribution in [0.15, 0.2) is 12.3 Å². The van der Waals surface area contributed by atoms with Crippen molar-refractivity contribution in [2.45, 2.75) is 19.8 Å². The summed E-state index contributed by atoms with van der Waals surface area (Å²) in [6, 6.07) is 1.30. The van der Waals surface area contributed by atoms with Crippen molar-refractivity contribution in [1.29, 1.82) is 0 Å².